The zero-order valence-corrected chi connectivity index (χ0v) is 16.6. The minimum absolute atomic E-state index is 0.653. The fourth-order valence-corrected chi connectivity index (χ4v) is 4.06. The quantitative estimate of drug-likeness (QED) is 0.407. The lowest BCUT2D eigenvalue weighted by atomic mass is 10.0. The summed E-state index contributed by atoms with van der Waals surface area (Å²) in [4.78, 5) is 9.62. The van der Waals surface area contributed by atoms with Crippen LogP contribution in [0.1, 0.15) is 18.3 Å². The summed E-state index contributed by atoms with van der Waals surface area (Å²) in [6.45, 7) is 3.96. The largest absolute Gasteiger partial charge is 0.354 e. The molecule has 148 valence electrons. The van der Waals surface area contributed by atoms with Crippen molar-refractivity contribution in [2.24, 2.45) is 10.8 Å². The van der Waals surface area contributed by atoms with Crippen LogP contribution < -0.4 is 11.1 Å². The molecule has 0 radical (unpaired) electrons. The van der Waals surface area contributed by atoms with E-state index in [2.05, 4.69) is 27.6 Å². The number of hydrogen-bond donors (Lipinski definition) is 3. The zero-order chi connectivity index (χ0) is 20.5. The maximum Gasteiger partial charge on any atom is 0.189 e. The molecule has 4 N–H and O–H groups in total. The fraction of sp³-hybridized carbons (Fsp3) is 0.136. The van der Waals surface area contributed by atoms with Gasteiger partial charge in [0.2, 0.25) is 0 Å². The molecule has 2 aromatic carbocycles. The predicted octanol–water partition coefficient (Wildman–Crippen LogP) is 3.45. The highest BCUT2D eigenvalue weighted by molar-refractivity contribution is 5.99. The van der Waals surface area contributed by atoms with Gasteiger partial charge in [-0.3, -0.25) is 10.8 Å². The van der Waals surface area contributed by atoms with E-state index in [1.54, 1.807) is 4.68 Å². The number of nitrogens with zero attached hydrogens (tertiary/aromatic N) is 5. The first-order valence-corrected chi connectivity index (χ1v) is 9.78. The van der Waals surface area contributed by atoms with E-state index >= 15 is 0 Å². The Morgan fingerprint density at radius 2 is 1.87 bits per heavy atom. The Morgan fingerprint density at radius 1 is 1.03 bits per heavy atom. The van der Waals surface area contributed by atoms with Crippen molar-refractivity contribution < 1.29 is 0 Å². The molecule has 0 aliphatic carbocycles. The SMILES string of the molecule is CC1=Nn2cc(-c3ccccc3)nc2C1(N)Nc1c(C)ccc2c1nc1cc[nH]n12. The maximum atomic E-state index is 6.90. The van der Waals surface area contributed by atoms with Crippen molar-refractivity contribution in [3.05, 3.63) is 72.3 Å². The number of rotatable bonds is 3. The van der Waals surface area contributed by atoms with Crippen molar-refractivity contribution in [2.75, 3.05) is 5.32 Å². The van der Waals surface area contributed by atoms with Gasteiger partial charge in [0.1, 0.15) is 5.52 Å². The number of aryl methyl sites for hydroxylation is 1. The van der Waals surface area contributed by atoms with Gasteiger partial charge in [-0.1, -0.05) is 36.4 Å². The molecule has 1 unspecified atom stereocenters. The third-order valence-corrected chi connectivity index (χ3v) is 5.76. The number of aromatic amines is 1. The Morgan fingerprint density at radius 3 is 2.70 bits per heavy atom. The fourth-order valence-electron chi connectivity index (χ4n) is 4.06. The molecule has 0 fully saturated rings. The average Bonchev–Trinajstić information content (AvgIpc) is 3.48. The maximum absolute atomic E-state index is 6.90. The van der Waals surface area contributed by atoms with Gasteiger partial charge in [0.15, 0.2) is 17.1 Å². The summed E-state index contributed by atoms with van der Waals surface area (Å²) in [6.07, 6.45) is 3.78. The molecule has 8 nitrogen and oxygen atoms in total. The number of anilines is 1. The van der Waals surface area contributed by atoms with Crippen molar-refractivity contribution in [3.8, 4) is 11.3 Å². The molecule has 30 heavy (non-hydrogen) atoms. The van der Waals surface area contributed by atoms with Crippen LogP contribution in [-0.4, -0.2) is 30.0 Å². The number of nitrogens with two attached hydrogens (primary N) is 1. The lowest BCUT2D eigenvalue weighted by molar-refractivity contribution is 0.646. The minimum atomic E-state index is -1.04. The van der Waals surface area contributed by atoms with Crippen molar-refractivity contribution in [3.63, 3.8) is 0 Å². The molecule has 1 aliphatic heterocycles. The van der Waals surface area contributed by atoms with Gasteiger partial charge in [0.25, 0.3) is 0 Å². The Kier molecular flexibility index (Phi) is 3.29. The van der Waals surface area contributed by atoms with Crippen molar-refractivity contribution in [1.29, 1.82) is 0 Å². The second-order valence-electron chi connectivity index (χ2n) is 7.67. The first-order valence-electron chi connectivity index (χ1n) is 9.78. The monoisotopic (exact) mass is 396 g/mol. The number of aromatic nitrogens is 5. The molecule has 0 spiro atoms. The van der Waals surface area contributed by atoms with Crippen LogP contribution in [0.15, 0.2) is 66.0 Å². The van der Waals surface area contributed by atoms with Gasteiger partial charge in [0, 0.05) is 17.8 Å². The highest BCUT2D eigenvalue weighted by atomic mass is 15.5. The Balaban J connectivity index is 1.49. The first kappa shape index (κ1) is 17.0. The second kappa shape index (κ2) is 5.80. The summed E-state index contributed by atoms with van der Waals surface area (Å²) in [5, 5.41) is 11.4. The molecule has 1 aliphatic rings. The van der Waals surface area contributed by atoms with Crippen LogP contribution in [0.25, 0.3) is 27.9 Å². The van der Waals surface area contributed by atoms with Gasteiger partial charge in [0.05, 0.1) is 28.8 Å². The van der Waals surface area contributed by atoms with E-state index in [9.17, 15) is 0 Å². The second-order valence-corrected chi connectivity index (χ2v) is 7.67. The van der Waals surface area contributed by atoms with E-state index in [4.69, 9.17) is 15.7 Å². The first-order chi connectivity index (χ1) is 14.5. The van der Waals surface area contributed by atoms with Gasteiger partial charge in [-0.15, -0.1) is 0 Å². The topological polar surface area (TPSA) is 101 Å². The molecule has 8 heteroatoms. The summed E-state index contributed by atoms with van der Waals surface area (Å²) < 4.78 is 3.71. The van der Waals surface area contributed by atoms with E-state index in [1.807, 2.05) is 67.2 Å². The average molecular weight is 396 g/mol. The molecule has 0 amide bonds. The highest BCUT2D eigenvalue weighted by Crippen LogP contribution is 2.35. The van der Waals surface area contributed by atoms with E-state index < -0.39 is 5.66 Å². The van der Waals surface area contributed by atoms with E-state index in [0.717, 1.165) is 44.9 Å². The van der Waals surface area contributed by atoms with Gasteiger partial charge in [-0.25, -0.2) is 19.2 Å². The molecular formula is C22H20N8. The van der Waals surface area contributed by atoms with Crippen LogP contribution >= 0.6 is 0 Å². The third-order valence-electron chi connectivity index (χ3n) is 5.76. The lowest BCUT2D eigenvalue weighted by Gasteiger charge is -2.27. The summed E-state index contributed by atoms with van der Waals surface area (Å²) in [5.41, 5.74) is 13.1. The van der Waals surface area contributed by atoms with Crippen LogP contribution in [0, 0.1) is 6.92 Å². The zero-order valence-electron chi connectivity index (χ0n) is 16.6. The number of nitrogens with one attached hydrogen (secondary N) is 2. The number of fused-ring (bicyclic) bond motifs is 4. The Labute approximate surface area is 172 Å². The van der Waals surface area contributed by atoms with Gasteiger partial charge >= 0.3 is 0 Å². The van der Waals surface area contributed by atoms with Crippen LogP contribution in [0.3, 0.4) is 0 Å². The molecule has 0 saturated carbocycles. The van der Waals surface area contributed by atoms with Crippen LogP contribution in [0.2, 0.25) is 0 Å². The molecule has 3 aromatic heterocycles. The molecule has 1 atom stereocenters. The Bertz CT molecular complexity index is 1450. The van der Waals surface area contributed by atoms with Crippen molar-refractivity contribution >= 4 is 28.1 Å². The lowest BCUT2D eigenvalue weighted by Crippen LogP contribution is -2.49. The van der Waals surface area contributed by atoms with Crippen LogP contribution in [-0.2, 0) is 5.66 Å². The standard InChI is InChI=1S/C22H20N8/c1-13-8-9-17-20(26-18-10-11-24-30(17)18)19(13)27-22(23)14(2)28-29-12-16(25-21(22)29)15-6-4-3-5-7-15/h3-12,24,27H,23H2,1-2H3. The molecular weight excluding hydrogens is 376 g/mol. The smallest absolute Gasteiger partial charge is 0.189 e. The molecule has 5 aromatic rings. The van der Waals surface area contributed by atoms with Gasteiger partial charge < -0.3 is 5.32 Å². The molecule has 4 heterocycles. The molecule has 0 bridgehead atoms. The van der Waals surface area contributed by atoms with Crippen LogP contribution in [0.4, 0.5) is 5.69 Å². The third kappa shape index (κ3) is 2.22. The van der Waals surface area contributed by atoms with E-state index in [0.29, 0.717) is 5.82 Å². The summed E-state index contributed by atoms with van der Waals surface area (Å²) in [7, 11) is 0. The van der Waals surface area contributed by atoms with E-state index in [-0.39, 0.29) is 0 Å². The van der Waals surface area contributed by atoms with Crippen molar-refractivity contribution in [1.82, 2.24) is 24.3 Å². The summed E-state index contributed by atoms with van der Waals surface area (Å²) in [6, 6.07) is 16.1. The molecule has 6 rings (SSSR count). The Hall–Kier alpha value is -3.91. The summed E-state index contributed by atoms with van der Waals surface area (Å²) in [5.74, 6) is 0.653. The van der Waals surface area contributed by atoms with Crippen molar-refractivity contribution in [2.45, 2.75) is 19.5 Å². The molecule has 0 saturated heterocycles. The predicted molar refractivity (Wildman–Crippen MR) is 117 cm³/mol. The minimum Gasteiger partial charge on any atom is -0.354 e. The van der Waals surface area contributed by atoms with Gasteiger partial charge in [-0.2, -0.15) is 5.10 Å². The number of benzene rings is 2. The highest BCUT2D eigenvalue weighted by Gasteiger charge is 2.42. The van der Waals surface area contributed by atoms with Gasteiger partial charge in [-0.05, 0) is 25.5 Å². The van der Waals surface area contributed by atoms with E-state index in [1.165, 1.54) is 0 Å². The number of H-pyrrole nitrogens is 1. The number of hydrogen-bond acceptors (Lipinski definition) is 5. The number of imidazole rings is 2. The summed E-state index contributed by atoms with van der Waals surface area (Å²) >= 11 is 0. The van der Waals surface area contributed by atoms with Crippen LogP contribution in [0.5, 0.6) is 0 Å². The normalized spacial score (nSPS) is 18.2.